The Morgan fingerprint density at radius 3 is 3.00 bits per heavy atom. The summed E-state index contributed by atoms with van der Waals surface area (Å²) in [5.41, 5.74) is 1.22. The zero-order valence-electron chi connectivity index (χ0n) is 12.0. The van der Waals surface area contributed by atoms with Gasteiger partial charge in [-0.3, -0.25) is 0 Å². The average Bonchev–Trinajstić information content (AvgIpc) is 2.49. The lowest BCUT2D eigenvalue weighted by atomic mass is 10.1. The SMILES string of the molecule is C[C@H]1COCCN1c1ccnc(NC2CCCOC2)c1. The molecule has 3 heterocycles. The number of rotatable bonds is 3. The fourth-order valence-corrected chi connectivity index (χ4v) is 2.85. The van der Waals surface area contributed by atoms with Gasteiger partial charge in [-0.15, -0.1) is 0 Å². The minimum Gasteiger partial charge on any atom is -0.379 e. The van der Waals surface area contributed by atoms with Gasteiger partial charge in [0.05, 0.1) is 25.9 Å². The normalized spacial score (nSPS) is 27.4. The van der Waals surface area contributed by atoms with E-state index in [1.165, 1.54) is 5.69 Å². The molecule has 0 bridgehead atoms. The Kier molecular flexibility index (Phi) is 4.38. The first-order valence-corrected chi connectivity index (χ1v) is 7.47. The third-order valence-corrected chi connectivity index (χ3v) is 3.96. The average molecular weight is 277 g/mol. The molecular weight excluding hydrogens is 254 g/mol. The summed E-state index contributed by atoms with van der Waals surface area (Å²) in [6.07, 6.45) is 4.15. The molecule has 110 valence electrons. The number of pyridine rings is 1. The molecule has 1 aromatic rings. The van der Waals surface area contributed by atoms with Gasteiger partial charge >= 0.3 is 0 Å². The molecule has 0 spiro atoms. The van der Waals surface area contributed by atoms with Gasteiger partial charge in [0.2, 0.25) is 0 Å². The van der Waals surface area contributed by atoms with E-state index in [0.717, 1.165) is 51.6 Å². The summed E-state index contributed by atoms with van der Waals surface area (Å²) in [5, 5.41) is 3.48. The molecule has 20 heavy (non-hydrogen) atoms. The van der Waals surface area contributed by atoms with Gasteiger partial charge in [-0.05, 0) is 25.8 Å². The van der Waals surface area contributed by atoms with E-state index in [-0.39, 0.29) is 0 Å². The molecule has 0 amide bonds. The van der Waals surface area contributed by atoms with E-state index < -0.39 is 0 Å². The van der Waals surface area contributed by atoms with Crippen molar-refractivity contribution >= 4 is 11.5 Å². The van der Waals surface area contributed by atoms with Crippen molar-refractivity contribution in [2.75, 3.05) is 43.2 Å². The Labute approximate surface area is 120 Å². The first kappa shape index (κ1) is 13.6. The quantitative estimate of drug-likeness (QED) is 0.914. The number of anilines is 2. The van der Waals surface area contributed by atoms with Crippen LogP contribution in [-0.2, 0) is 9.47 Å². The van der Waals surface area contributed by atoms with E-state index in [4.69, 9.17) is 9.47 Å². The Balaban J connectivity index is 1.68. The molecular formula is C15H23N3O2. The van der Waals surface area contributed by atoms with Crippen molar-refractivity contribution in [3.05, 3.63) is 18.3 Å². The van der Waals surface area contributed by atoms with Crippen LogP contribution in [0, 0.1) is 0 Å². The van der Waals surface area contributed by atoms with Crippen molar-refractivity contribution < 1.29 is 9.47 Å². The van der Waals surface area contributed by atoms with Crippen LogP contribution < -0.4 is 10.2 Å². The van der Waals surface area contributed by atoms with Crippen molar-refractivity contribution in [3.63, 3.8) is 0 Å². The lowest BCUT2D eigenvalue weighted by Gasteiger charge is -2.35. The van der Waals surface area contributed by atoms with E-state index >= 15 is 0 Å². The van der Waals surface area contributed by atoms with Crippen LogP contribution in [-0.4, -0.2) is 50.0 Å². The van der Waals surface area contributed by atoms with E-state index in [1.807, 2.05) is 6.20 Å². The third-order valence-electron chi connectivity index (χ3n) is 3.96. The topological polar surface area (TPSA) is 46.6 Å². The standard InChI is InChI=1S/C15H23N3O2/c1-12-10-20-8-6-18(12)14-4-5-16-15(9-14)17-13-3-2-7-19-11-13/h4-5,9,12-13H,2-3,6-8,10-11H2,1H3,(H,16,17)/t12-,13?/m0/s1. The molecule has 5 nitrogen and oxygen atoms in total. The molecule has 2 aliphatic rings. The second-order valence-corrected chi connectivity index (χ2v) is 5.58. The minimum atomic E-state index is 0.383. The van der Waals surface area contributed by atoms with E-state index in [0.29, 0.717) is 12.1 Å². The van der Waals surface area contributed by atoms with Crippen molar-refractivity contribution in [2.45, 2.75) is 31.8 Å². The number of aromatic nitrogens is 1. The van der Waals surface area contributed by atoms with Gasteiger partial charge in [-0.25, -0.2) is 4.98 Å². The van der Waals surface area contributed by atoms with Gasteiger partial charge in [0, 0.05) is 37.1 Å². The van der Waals surface area contributed by atoms with E-state index in [1.54, 1.807) is 0 Å². The molecule has 0 aliphatic carbocycles. The molecule has 2 atom stereocenters. The second-order valence-electron chi connectivity index (χ2n) is 5.58. The Bertz CT molecular complexity index is 435. The number of hydrogen-bond donors (Lipinski definition) is 1. The van der Waals surface area contributed by atoms with Gasteiger partial charge in [0.25, 0.3) is 0 Å². The van der Waals surface area contributed by atoms with Gasteiger partial charge in [0.15, 0.2) is 0 Å². The number of nitrogens with one attached hydrogen (secondary N) is 1. The fourth-order valence-electron chi connectivity index (χ4n) is 2.85. The molecule has 0 saturated carbocycles. The summed E-state index contributed by atoms with van der Waals surface area (Å²) in [6.45, 7) is 6.39. The summed E-state index contributed by atoms with van der Waals surface area (Å²) in [5.74, 6) is 0.941. The highest BCUT2D eigenvalue weighted by atomic mass is 16.5. The zero-order valence-corrected chi connectivity index (χ0v) is 12.0. The van der Waals surface area contributed by atoms with Crippen molar-refractivity contribution in [3.8, 4) is 0 Å². The molecule has 2 saturated heterocycles. The largest absolute Gasteiger partial charge is 0.379 e. The monoisotopic (exact) mass is 277 g/mol. The molecule has 0 radical (unpaired) electrons. The third kappa shape index (κ3) is 3.22. The van der Waals surface area contributed by atoms with Gasteiger partial charge in [-0.1, -0.05) is 0 Å². The van der Waals surface area contributed by atoms with Gasteiger partial charge < -0.3 is 19.7 Å². The van der Waals surface area contributed by atoms with Crippen LogP contribution in [0.3, 0.4) is 0 Å². The van der Waals surface area contributed by atoms with Crippen LogP contribution in [0.1, 0.15) is 19.8 Å². The number of hydrogen-bond acceptors (Lipinski definition) is 5. The maximum atomic E-state index is 5.50. The zero-order chi connectivity index (χ0) is 13.8. The van der Waals surface area contributed by atoms with Crippen LogP contribution in [0.15, 0.2) is 18.3 Å². The van der Waals surface area contributed by atoms with Crippen molar-refractivity contribution in [2.24, 2.45) is 0 Å². The fraction of sp³-hybridized carbons (Fsp3) is 0.667. The molecule has 3 rings (SSSR count). The Morgan fingerprint density at radius 2 is 2.20 bits per heavy atom. The van der Waals surface area contributed by atoms with Gasteiger partial charge in [0.1, 0.15) is 5.82 Å². The predicted octanol–water partition coefficient (Wildman–Crippen LogP) is 1.90. The highest BCUT2D eigenvalue weighted by molar-refractivity contribution is 5.55. The molecule has 1 N–H and O–H groups in total. The summed E-state index contributed by atoms with van der Waals surface area (Å²) in [6, 6.07) is 5.01. The van der Waals surface area contributed by atoms with Crippen LogP contribution >= 0.6 is 0 Å². The van der Waals surface area contributed by atoms with Crippen molar-refractivity contribution in [1.82, 2.24) is 4.98 Å². The summed E-state index contributed by atoms with van der Waals surface area (Å²) in [7, 11) is 0. The first-order chi connectivity index (χ1) is 9.83. The molecule has 1 aromatic heterocycles. The highest BCUT2D eigenvalue weighted by Crippen LogP contribution is 2.22. The van der Waals surface area contributed by atoms with E-state index in [2.05, 4.69) is 34.3 Å². The predicted molar refractivity (Wildman–Crippen MR) is 79.3 cm³/mol. The molecule has 0 aromatic carbocycles. The molecule has 5 heteroatoms. The molecule has 2 aliphatic heterocycles. The van der Waals surface area contributed by atoms with Crippen molar-refractivity contribution in [1.29, 1.82) is 0 Å². The number of morpholine rings is 1. The first-order valence-electron chi connectivity index (χ1n) is 7.47. The highest BCUT2D eigenvalue weighted by Gasteiger charge is 2.20. The van der Waals surface area contributed by atoms with Crippen LogP contribution in [0.5, 0.6) is 0 Å². The minimum absolute atomic E-state index is 0.383. The summed E-state index contributed by atoms with van der Waals surface area (Å²) in [4.78, 5) is 6.81. The Hall–Kier alpha value is -1.33. The second kappa shape index (κ2) is 6.41. The lowest BCUT2D eigenvalue weighted by molar-refractivity contribution is 0.0875. The molecule has 1 unspecified atom stereocenters. The maximum absolute atomic E-state index is 5.50. The lowest BCUT2D eigenvalue weighted by Crippen LogP contribution is -2.43. The van der Waals surface area contributed by atoms with Gasteiger partial charge in [-0.2, -0.15) is 0 Å². The number of nitrogens with zero attached hydrogens (tertiary/aromatic N) is 2. The Morgan fingerprint density at radius 1 is 1.30 bits per heavy atom. The summed E-state index contributed by atoms with van der Waals surface area (Å²) < 4.78 is 11.0. The van der Waals surface area contributed by atoms with Crippen LogP contribution in [0.2, 0.25) is 0 Å². The van der Waals surface area contributed by atoms with Crippen LogP contribution in [0.4, 0.5) is 11.5 Å². The number of ether oxygens (including phenoxy) is 2. The smallest absolute Gasteiger partial charge is 0.128 e. The maximum Gasteiger partial charge on any atom is 0.128 e. The van der Waals surface area contributed by atoms with E-state index in [9.17, 15) is 0 Å². The summed E-state index contributed by atoms with van der Waals surface area (Å²) >= 11 is 0. The molecule has 2 fully saturated rings. The van der Waals surface area contributed by atoms with Crippen LogP contribution in [0.25, 0.3) is 0 Å².